The van der Waals surface area contributed by atoms with Gasteiger partial charge in [-0.25, -0.2) is 0 Å². The molecule has 0 aliphatic carbocycles. The monoisotopic (exact) mass is 271 g/mol. The number of nitrogens with zero attached hydrogens (tertiary/aromatic N) is 2. The average molecular weight is 271 g/mol. The van der Waals surface area contributed by atoms with Gasteiger partial charge < -0.3 is 5.32 Å². The van der Waals surface area contributed by atoms with E-state index in [1.165, 1.54) is 6.07 Å². The summed E-state index contributed by atoms with van der Waals surface area (Å²) in [7, 11) is 0. The quantitative estimate of drug-likeness (QED) is 0.684. The SMILES string of the molecule is N#Cc1cccc(CNc2ccc([N+](=O)[O-])c(F)c2)c1. The van der Waals surface area contributed by atoms with Gasteiger partial charge in [-0.3, -0.25) is 10.1 Å². The van der Waals surface area contributed by atoms with Crippen molar-refractivity contribution < 1.29 is 9.31 Å². The fourth-order valence-corrected chi connectivity index (χ4v) is 1.72. The highest BCUT2D eigenvalue weighted by Gasteiger charge is 2.13. The second-order valence-electron chi connectivity index (χ2n) is 4.09. The number of nitro benzene ring substituents is 1. The molecule has 0 aromatic heterocycles. The highest BCUT2D eigenvalue weighted by molar-refractivity contribution is 5.50. The smallest absolute Gasteiger partial charge is 0.304 e. The molecule has 0 saturated heterocycles. The first-order valence-electron chi connectivity index (χ1n) is 5.77. The Morgan fingerprint density at radius 2 is 2.10 bits per heavy atom. The molecule has 0 atom stereocenters. The molecule has 0 amide bonds. The molecule has 1 N–H and O–H groups in total. The van der Waals surface area contributed by atoms with Crippen LogP contribution in [0.4, 0.5) is 15.8 Å². The number of nitro groups is 1. The van der Waals surface area contributed by atoms with Crippen molar-refractivity contribution in [3.63, 3.8) is 0 Å². The molecule has 0 heterocycles. The predicted molar refractivity (Wildman–Crippen MR) is 71.5 cm³/mol. The average Bonchev–Trinajstić information content (AvgIpc) is 2.45. The normalized spacial score (nSPS) is 9.80. The van der Waals surface area contributed by atoms with Crippen LogP contribution < -0.4 is 5.32 Å². The first-order chi connectivity index (χ1) is 9.60. The molecule has 0 aliphatic rings. The van der Waals surface area contributed by atoms with Crippen molar-refractivity contribution >= 4 is 11.4 Å². The molecule has 0 saturated carbocycles. The van der Waals surface area contributed by atoms with Crippen LogP contribution in [0.5, 0.6) is 0 Å². The van der Waals surface area contributed by atoms with Gasteiger partial charge >= 0.3 is 5.69 Å². The van der Waals surface area contributed by atoms with Crippen LogP contribution in [0.2, 0.25) is 0 Å². The Labute approximate surface area is 114 Å². The number of hydrogen-bond acceptors (Lipinski definition) is 4. The summed E-state index contributed by atoms with van der Waals surface area (Å²) in [5.41, 5.74) is 1.29. The number of halogens is 1. The fourth-order valence-electron chi connectivity index (χ4n) is 1.72. The van der Waals surface area contributed by atoms with Crippen LogP contribution in [-0.4, -0.2) is 4.92 Å². The third-order valence-electron chi connectivity index (χ3n) is 2.70. The molecule has 0 unspecified atom stereocenters. The van der Waals surface area contributed by atoms with Crippen molar-refractivity contribution in [1.82, 2.24) is 0 Å². The maximum Gasteiger partial charge on any atom is 0.304 e. The fraction of sp³-hybridized carbons (Fsp3) is 0.0714. The van der Waals surface area contributed by atoms with Crippen molar-refractivity contribution in [2.24, 2.45) is 0 Å². The zero-order chi connectivity index (χ0) is 14.5. The molecule has 100 valence electrons. The first-order valence-corrected chi connectivity index (χ1v) is 5.77. The molecular formula is C14H10FN3O2. The lowest BCUT2D eigenvalue weighted by Crippen LogP contribution is -2.01. The van der Waals surface area contributed by atoms with Gasteiger partial charge in [-0.1, -0.05) is 12.1 Å². The van der Waals surface area contributed by atoms with Crippen LogP contribution in [0, 0.1) is 27.3 Å². The van der Waals surface area contributed by atoms with Gasteiger partial charge in [0.15, 0.2) is 0 Å². The summed E-state index contributed by atoms with van der Waals surface area (Å²) in [6, 6.07) is 12.7. The summed E-state index contributed by atoms with van der Waals surface area (Å²) < 4.78 is 13.4. The maximum absolute atomic E-state index is 13.4. The molecule has 6 heteroatoms. The predicted octanol–water partition coefficient (Wildman–Crippen LogP) is 3.22. The summed E-state index contributed by atoms with van der Waals surface area (Å²) >= 11 is 0. The molecule has 0 aliphatic heterocycles. The van der Waals surface area contributed by atoms with Gasteiger partial charge in [0.1, 0.15) is 0 Å². The van der Waals surface area contributed by atoms with E-state index in [9.17, 15) is 14.5 Å². The first kappa shape index (κ1) is 13.5. The van der Waals surface area contributed by atoms with Gasteiger partial charge in [-0.15, -0.1) is 0 Å². The van der Waals surface area contributed by atoms with E-state index in [0.717, 1.165) is 17.7 Å². The van der Waals surface area contributed by atoms with Crippen LogP contribution in [0.1, 0.15) is 11.1 Å². The van der Waals surface area contributed by atoms with E-state index in [1.807, 2.05) is 12.1 Å². The molecule has 2 aromatic rings. The lowest BCUT2D eigenvalue weighted by atomic mass is 10.1. The van der Waals surface area contributed by atoms with E-state index in [0.29, 0.717) is 17.8 Å². The molecule has 0 radical (unpaired) electrons. The minimum absolute atomic E-state index is 0.396. The Balaban J connectivity index is 2.09. The number of nitriles is 1. The van der Waals surface area contributed by atoms with E-state index in [-0.39, 0.29) is 0 Å². The third kappa shape index (κ3) is 3.09. The van der Waals surface area contributed by atoms with Crippen LogP contribution >= 0.6 is 0 Å². The molecule has 2 rings (SSSR count). The molecular weight excluding hydrogens is 261 g/mol. The standard InChI is InChI=1S/C14H10FN3O2/c15-13-7-12(4-5-14(13)18(19)20)17-9-11-3-1-2-10(6-11)8-16/h1-7,17H,9H2. The summed E-state index contributed by atoms with van der Waals surface area (Å²) in [4.78, 5) is 9.73. The van der Waals surface area contributed by atoms with Crippen molar-refractivity contribution in [1.29, 1.82) is 5.26 Å². The van der Waals surface area contributed by atoms with E-state index in [4.69, 9.17) is 5.26 Å². The second-order valence-corrected chi connectivity index (χ2v) is 4.09. The minimum Gasteiger partial charge on any atom is -0.381 e. The van der Waals surface area contributed by atoms with E-state index >= 15 is 0 Å². The molecule has 20 heavy (non-hydrogen) atoms. The van der Waals surface area contributed by atoms with Gasteiger partial charge in [0.05, 0.1) is 16.6 Å². The number of benzene rings is 2. The van der Waals surface area contributed by atoms with Crippen LogP contribution in [0.25, 0.3) is 0 Å². The largest absolute Gasteiger partial charge is 0.381 e. The van der Waals surface area contributed by atoms with E-state index < -0.39 is 16.4 Å². The third-order valence-corrected chi connectivity index (χ3v) is 2.70. The number of nitrogens with one attached hydrogen (secondary N) is 1. The van der Waals surface area contributed by atoms with Crippen LogP contribution in [-0.2, 0) is 6.54 Å². The zero-order valence-electron chi connectivity index (χ0n) is 10.3. The number of rotatable bonds is 4. The van der Waals surface area contributed by atoms with Crippen molar-refractivity contribution in [3.8, 4) is 6.07 Å². The Morgan fingerprint density at radius 1 is 1.30 bits per heavy atom. The number of anilines is 1. The summed E-state index contributed by atoms with van der Waals surface area (Å²) in [5.74, 6) is -0.884. The summed E-state index contributed by atoms with van der Waals surface area (Å²) in [5, 5.41) is 22.2. The minimum atomic E-state index is -0.884. The Kier molecular flexibility index (Phi) is 3.91. The summed E-state index contributed by atoms with van der Waals surface area (Å²) in [6.45, 7) is 0.396. The number of hydrogen-bond donors (Lipinski definition) is 1. The van der Waals surface area contributed by atoms with Gasteiger partial charge in [-0.05, 0) is 23.8 Å². The van der Waals surface area contributed by atoms with Gasteiger partial charge in [-0.2, -0.15) is 9.65 Å². The molecule has 0 bridgehead atoms. The Bertz CT molecular complexity index is 695. The van der Waals surface area contributed by atoms with Crippen LogP contribution in [0.15, 0.2) is 42.5 Å². The highest BCUT2D eigenvalue weighted by Crippen LogP contribution is 2.21. The zero-order valence-corrected chi connectivity index (χ0v) is 10.3. The van der Waals surface area contributed by atoms with Gasteiger partial charge in [0.25, 0.3) is 0 Å². The molecule has 0 fully saturated rings. The maximum atomic E-state index is 13.4. The van der Waals surface area contributed by atoms with Crippen molar-refractivity contribution in [3.05, 3.63) is 69.5 Å². The Morgan fingerprint density at radius 3 is 2.75 bits per heavy atom. The highest BCUT2D eigenvalue weighted by atomic mass is 19.1. The van der Waals surface area contributed by atoms with E-state index in [2.05, 4.69) is 5.32 Å². The topological polar surface area (TPSA) is 79.0 Å². The van der Waals surface area contributed by atoms with Gasteiger partial charge in [0, 0.05) is 24.4 Å². The van der Waals surface area contributed by atoms with Gasteiger partial charge in [0.2, 0.25) is 5.82 Å². The van der Waals surface area contributed by atoms with Crippen LogP contribution in [0.3, 0.4) is 0 Å². The Hall–Kier alpha value is -2.94. The second kappa shape index (κ2) is 5.80. The lowest BCUT2D eigenvalue weighted by molar-refractivity contribution is -0.387. The summed E-state index contributed by atoms with van der Waals surface area (Å²) in [6.07, 6.45) is 0. The van der Waals surface area contributed by atoms with Crippen molar-refractivity contribution in [2.45, 2.75) is 6.54 Å². The van der Waals surface area contributed by atoms with E-state index in [1.54, 1.807) is 18.2 Å². The molecule has 5 nitrogen and oxygen atoms in total. The molecule has 2 aromatic carbocycles. The van der Waals surface area contributed by atoms with Crippen molar-refractivity contribution in [2.75, 3.05) is 5.32 Å². The lowest BCUT2D eigenvalue weighted by Gasteiger charge is -2.07. The molecule has 0 spiro atoms.